The third kappa shape index (κ3) is 5.83. The van der Waals surface area contributed by atoms with Crippen LogP contribution in [0.5, 0.6) is 5.75 Å². The summed E-state index contributed by atoms with van der Waals surface area (Å²) >= 11 is 3.48. The van der Waals surface area contributed by atoms with E-state index in [0.717, 1.165) is 60.2 Å². The summed E-state index contributed by atoms with van der Waals surface area (Å²) in [5.74, 6) is 1.17. The molecule has 2 aromatic carbocycles. The minimum Gasteiger partial charge on any atom is -0.496 e. The normalized spacial score (nSPS) is 16.4. The molecule has 1 amide bonds. The van der Waals surface area contributed by atoms with Crippen LogP contribution in [-0.4, -0.2) is 31.0 Å². The highest BCUT2D eigenvalue weighted by molar-refractivity contribution is 9.10. The fourth-order valence-electron chi connectivity index (χ4n) is 4.03. The van der Waals surface area contributed by atoms with Gasteiger partial charge in [-0.2, -0.15) is 0 Å². The summed E-state index contributed by atoms with van der Waals surface area (Å²) in [6, 6.07) is 14.7. The van der Waals surface area contributed by atoms with E-state index < -0.39 is 0 Å². The van der Waals surface area contributed by atoms with E-state index >= 15 is 0 Å². The molecule has 0 radical (unpaired) electrons. The number of halogens is 1. The Morgan fingerprint density at radius 1 is 1.21 bits per heavy atom. The van der Waals surface area contributed by atoms with Crippen LogP contribution in [0.1, 0.15) is 48.9 Å². The number of carbonyl (C=O) groups is 1. The number of piperidine rings is 1. The quantitative estimate of drug-likeness (QED) is 0.615. The van der Waals surface area contributed by atoms with E-state index in [-0.39, 0.29) is 17.9 Å². The summed E-state index contributed by atoms with van der Waals surface area (Å²) in [6.07, 6.45) is 2.71. The molecule has 156 valence electrons. The molecule has 0 saturated carbocycles. The largest absolute Gasteiger partial charge is 0.496 e. The number of nitrogens with one attached hydrogen (secondary N) is 1. The second-order valence-electron chi connectivity index (χ2n) is 7.88. The Morgan fingerprint density at radius 3 is 2.48 bits per heavy atom. The van der Waals surface area contributed by atoms with Gasteiger partial charge in [-0.05, 0) is 74.2 Å². The van der Waals surface area contributed by atoms with Crippen molar-refractivity contribution < 1.29 is 9.53 Å². The number of carbonyl (C=O) groups excluding carboxylic acids is 1. The number of hydrogen-bond acceptors (Lipinski definition) is 3. The summed E-state index contributed by atoms with van der Waals surface area (Å²) in [7, 11) is 1.68. The van der Waals surface area contributed by atoms with Gasteiger partial charge in [0, 0.05) is 16.9 Å². The van der Waals surface area contributed by atoms with Crippen molar-refractivity contribution in [1.29, 1.82) is 0 Å². The van der Waals surface area contributed by atoms with Gasteiger partial charge in [0.15, 0.2) is 0 Å². The molecule has 1 unspecified atom stereocenters. The van der Waals surface area contributed by atoms with Crippen LogP contribution in [0, 0.1) is 12.8 Å². The fourth-order valence-corrected chi connectivity index (χ4v) is 4.29. The predicted octanol–water partition coefficient (Wildman–Crippen LogP) is 5.25. The van der Waals surface area contributed by atoms with Gasteiger partial charge in [0.05, 0.1) is 13.2 Å². The molecule has 1 aliphatic rings. The molecule has 0 spiro atoms. The Labute approximate surface area is 182 Å². The Morgan fingerprint density at radius 2 is 1.90 bits per heavy atom. The first-order chi connectivity index (χ1) is 14.0. The van der Waals surface area contributed by atoms with Crippen molar-refractivity contribution in [3.8, 4) is 5.75 Å². The van der Waals surface area contributed by atoms with E-state index in [0.29, 0.717) is 0 Å². The lowest BCUT2D eigenvalue weighted by Gasteiger charge is -2.32. The van der Waals surface area contributed by atoms with Crippen LogP contribution >= 0.6 is 15.9 Å². The minimum atomic E-state index is 0.0490. The maximum Gasteiger partial charge on any atom is 0.223 e. The van der Waals surface area contributed by atoms with Gasteiger partial charge in [-0.15, -0.1) is 0 Å². The monoisotopic (exact) mass is 458 g/mol. The Balaban J connectivity index is 1.53. The van der Waals surface area contributed by atoms with Crippen molar-refractivity contribution in [1.82, 2.24) is 10.2 Å². The molecule has 1 N–H and O–H groups in total. The highest BCUT2D eigenvalue weighted by Gasteiger charge is 2.26. The number of rotatable bonds is 7. The summed E-state index contributed by atoms with van der Waals surface area (Å²) in [5.41, 5.74) is 3.56. The molecular weight excluding hydrogens is 428 g/mol. The van der Waals surface area contributed by atoms with Gasteiger partial charge in [0.1, 0.15) is 5.75 Å². The van der Waals surface area contributed by atoms with Gasteiger partial charge in [0.25, 0.3) is 0 Å². The number of likely N-dealkylation sites (tertiary alicyclic amines) is 1. The van der Waals surface area contributed by atoms with E-state index in [2.05, 4.69) is 69.5 Å². The van der Waals surface area contributed by atoms with Gasteiger partial charge in [-0.1, -0.05) is 47.1 Å². The molecule has 1 saturated heterocycles. The molecule has 1 fully saturated rings. The number of nitrogens with zero attached hydrogens (tertiary/aromatic N) is 1. The lowest BCUT2D eigenvalue weighted by molar-refractivity contribution is -0.127. The predicted molar refractivity (Wildman–Crippen MR) is 121 cm³/mol. The minimum absolute atomic E-state index is 0.0490. The van der Waals surface area contributed by atoms with E-state index in [9.17, 15) is 4.79 Å². The Kier molecular flexibility index (Phi) is 7.73. The average molecular weight is 459 g/mol. The topological polar surface area (TPSA) is 41.6 Å². The van der Waals surface area contributed by atoms with Crippen molar-refractivity contribution in [3.05, 3.63) is 63.6 Å². The fraction of sp³-hybridized carbons (Fsp3) is 0.458. The van der Waals surface area contributed by atoms with Gasteiger partial charge in [0.2, 0.25) is 5.91 Å². The molecule has 5 heteroatoms. The van der Waals surface area contributed by atoms with Gasteiger partial charge < -0.3 is 10.1 Å². The number of hydrogen-bond donors (Lipinski definition) is 1. The van der Waals surface area contributed by atoms with Crippen LogP contribution in [-0.2, 0) is 11.3 Å². The van der Waals surface area contributed by atoms with Gasteiger partial charge in [-0.25, -0.2) is 0 Å². The first kappa shape index (κ1) is 21.8. The molecular formula is C24H31BrN2O2. The zero-order chi connectivity index (χ0) is 20.8. The number of benzene rings is 2. The number of amides is 1. The van der Waals surface area contributed by atoms with Crippen molar-refractivity contribution in [2.45, 2.75) is 45.7 Å². The average Bonchev–Trinajstić information content (AvgIpc) is 2.74. The summed E-state index contributed by atoms with van der Waals surface area (Å²) in [4.78, 5) is 15.3. The smallest absolute Gasteiger partial charge is 0.223 e. The lowest BCUT2D eigenvalue weighted by atomic mass is 9.94. The second-order valence-corrected chi connectivity index (χ2v) is 8.79. The van der Waals surface area contributed by atoms with Gasteiger partial charge >= 0.3 is 0 Å². The Bertz CT molecular complexity index is 814. The SMILES string of the molecule is CCC(NC(=O)C1CCN(Cc2ccc(Br)cc2)CC1)c1ccc(OC)c(C)c1. The van der Waals surface area contributed by atoms with E-state index in [1.807, 2.05) is 13.0 Å². The van der Waals surface area contributed by atoms with Crippen molar-refractivity contribution in [2.24, 2.45) is 5.92 Å². The zero-order valence-corrected chi connectivity index (χ0v) is 19.2. The van der Waals surface area contributed by atoms with Gasteiger partial charge in [-0.3, -0.25) is 9.69 Å². The number of ether oxygens (including phenoxy) is 1. The molecule has 29 heavy (non-hydrogen) atoms. The molecule has 1 heterocycles. The first-order valence-corrected chi connectivity index (χ1v) is 11.2. The van der Waals surface area contributed by atoms with E-state index in [1.165, 1.54) is 5.56 Å². The van der Waals surface area contributed by atoms with Crippen LogP contribution in [0.15, 0.2) is 46.9 Å². The van der Waals surface area contributed by atoms with Crippen LogP contribution in [0.3, 0.4) is 0 Å². The van der Waals surface area contributed by atoms with Crippen LogP contribution in [0.4, 0.5) is 0 Å². The standard InChI is InChI=1S/C24H31BrN2O2/c1-4-22(20-7-10-23(29-3)17(2)15-20)26-24(28)19-11-13-27(14-12-19)16-18-5-8-21(25)9-6-18/h5-10,15,19,22H,4,11-14,16H2,1-3H3,(H,26,28). The van der Waals surface area contributed by atoms with Crippen LogP contribution in [0.25, 0.3) is 0 Å². The van der Waals surface area contributed by atoms with Crippen molar-refractivity contribution in [2.75, 3.05) is 20.2 Å². The third-order valence-corrected chi connectivity index (χ3v) is 6.35. The zero-order valence-electron chi connectivity index (χ0n) is 17.6. The number of methoxy groups -OCH3 is 1. The van der Waals surface area contributed by atoms with E-state index in [1.54, 1.807) is 7.11 Å². The molecule has 0 aromatic heterocycles. The maximum absolute atomic E-state index is 12.9. The molecule has 0 aliphatic carbocycles. The molecule has 4 nitrogen and oxygen atoms in total. The highest BCUT2D eigenvalue weighted by atomic mass is 79.9. The molecule has 2 aromatic rings. The Hall–Kier alpha value is -1.85. The van der Waals surface area contributed by atoms with Crippen LogP contribution < -0.4 is 10.1 Å². The number of aryl methyl sites for hydroxylation is 1. The van der Waals surface area contributed by atoms with E-state index in [4.69, 9.17) is 4.74 Å². The van der Waals surface area contributed by atoms with Crippen molar-refractivity contribution >= 4 is 21.8 Å². The summed E-state index contributed by atoms with van der Waals surface area (Å²) in [5, 5.41) is 3.28. The molecule has 1 aliphatic heterocycles. The maximum atomic E-state index is 12.9. The third-order valence-electron chi connectivity index (χ3n) is 5.82. The molecule has 3 rings (SSSR count). The lowest BCUT2D eigenvalue weighted by Crippen LogP contribution is -2.41. The first-order valence-electron chi connectivity index (χ1n) is 10.4. The van der Waals surface area contributed by atoms with Crippen molar-refractivity contribution in [3.63, 3.8) is 0 Å². The highest BCUT2D eigenvalue weighted by Crippen LogP contribution is 2.26. The summed E-state index contributed by atoms with van der Waals surface area (Å²) in [6.45, 7) is 7.03. The molecule has 0 bridgehead atoms. The summed E-state index contributed by atoms with van der Waals surface area (Å²) < 4.78 is 6.46. The van der Waals surface area contributed by atoms with Crippen LogP contribution in [0.2, 0.25) is 0 Å². The second kappa shape index (κ2) is 10.3. The molecule has 1 atom stereocenters.